The number of hydrogen-bond donors (Lipinski definition) is 0. The maximum absolute atomic E-state index is 9.33. The molecular formula is C15H19N3S. The topological polar surface area (TPSA) is 39.9 Å². The van der Waals surface area contributed by atoms with Crippen LogP contribution in [0.5, 0.6) is 0 Å². The summed E-state index contributed by atoms with van der Waals surface area (Å²) in [6, 6.07) is 4.43. The molecule has 19 heavy (non-hydrogen) atoms. The van der Waals surface area contributed by atoms with Crippen LogP contribution in [0.4, 0.5) is 5.82 Å². The minimum Gasteiger partial charge on any atom is -0.356 e. The average molecular weight is 273 g/mol. The molecule has 3 nitrogen and oxygen atoms in total. The third kappa shape index (κ3) is 2.32. The van der Waals surface area contributed by atoms with Crippen LogP contribution in [0.15, 0.2) is 11.1 Å². The van der Waals surface area contributed by atoms with Crippen LogP contribution < -0.4 is 4.90 Å². The molecule has 100 valence electrons. The van der Waals surface area contributed by atoms with Gasteiger partial charge in [0, 0.05) is 13.1 Å². The Balaban J connectivity index is 1.93. The van der Waals surface area contributed by atoms with Crippen molar-refractivity contribution in [1.29, 1.82) is 5.26 Å². The molecule has 0 aliphatic carbocycles. The van der Waals surface area contributed by atoms with E-state index in [1.165, 1.54) is 31.2 Å². The zero-order chi connectivity index (χ0) is 13.2. The molecule has 0 N–H and O–H groups in total. The second-order valence-corrected chi connectivity index (χ2v) is 6.41. The Morgan fingerprint density at radius 2 is 2.26 bits per heavy atom. The summed E-state index contributed by atoms with van der Waals surface area (Å²) >= 11 is 1.74. The molecule has 1 saturated heterocycles. The highest BCUT2D eigenvalue weighted by atomic mass is 32.2. The zero-order valence-electron chi connectivity index (χ0n) is 11.4. The fraction of sp³-hybridized carbons (Fsp3) is 0.600. The molecule has 0 spiro atoms. The van der Waals surface area contributed by atoms with Gasteiger partial charge in [0.2, 0.25) is 0 Å². The first-order valence-corrected chi connectivity index (χ1v) is 8.14. The molecule has 0 saturated carbocycles. The average Bonchev–Trinajstić information content (AvgIpc) is 2.48. The van der Waals surface area contributed by atoms with Gasteiger partial charge in [0.25, 0.3) is 0 Å². The van der Waals surface area contributed by atoms with Crippen LogP contribution in [-0.4, -0.2) is 23.8 Å². The van der Waals surface area contributed by atoms with Gasteiger partial charge in [0.1, 0.15) is 16.9 Å². The van der Waals surface area contributed by atoms with Gasteiger partial charge in [-0.05, 0) is 42.6 Å². The Bertz CT molecular complexity index is 513. The SMILES string of the molecule is CCCCSc1nc2c(cc1C#N)C1CCN2CC1. The van der Waals surface area contributed by atoms with Crippen LogP contribution in [-0.2, 0) is 0 Å². The Kier molecular flexibility index (Phi) is 3.65. The monoisotopic (exact) mass is 273 g/mol. The summed E-state index contributed by atoms with van der Waals surface area (Å²) in [5, 5.41) is 10.3. The van der Waals surface area contributed by atoms with E-state index in [-0.39, 0.29) is 0 Å². The molecule has 0 aromatic carbocycles. The quantitative estimate of drug-likeness (QED) is 0.621. The number of fused-ring (bicyclic) bond motifs is 2. The molecular weight excluding hydrogens is 254 g/mol. The van der Waals surface area contributed by atoms with E-state index in [0.29, 0.717) is 5.92 Å². The van der Waals surface area contributed by atoms with Crippen molar-refractivity contribution >= 4 is 17.6 Å². The fourth-order valence-corrected chi connectivity index (χ4v) is 4.00. The Hall–Kier alpha value is -1.21. The van der Waals surface area contributed by atoms with Gasteiger partial charge >= 0.3 is 0 Å². The molecule has 4 heteroatoms. The molecule has 0 atom stereocenters. The van der Waals surface area contributed by atoms with E-state index in [1.807, 2.05) is 0 Å². The zero-order valence-corrected chi connectivity index (χ0v) is 12.2. The molecule has 0 radical (unpaired) electrons. The lowest BCUT2D eigenvalue weighted by atomic mass is 9.84. The summed E-state index contributed by atoms with van der Waals surface area (Å²) in [5.41, 5.74) is 2.09. The van der Waals surface area contributed by atoms with E-state index in [2.05, 4.69) is 24.0 Å². The van der Waals surface area contributed by atoms with E-state index in [9.17, 15) is 5.26 Å². The summed E-state index contributed by atoms with van der Waals surface area (Å²) in [6.07, 6.45) is 4.82. The van der Waals surface area contributed by atoms with Gasteiger partial charge in [-0.1, -0.05) is 13.3 Å². The number of thioether (sulfide) groups is 1. The van der Waals surface area contributed by atoms with Gasteiger partial charge in [-0.2, -0.15) is 5.26 Å². The van der Waals surface area contributed by atoms with Crippen LogP contribution in [0.25, 0.3) is 0 Å². The fourth-order valence-electron chi connectivity index (χ4n) is 2.96. The van der Waals surface area contributed by atoms with E-state index in [0.717, 1.165) is 35.2 Å². The number of aromatic nitrogens is 1. The third-order valence-corrected chi connectivity index (χ3v) is 5.16. The number of piperidine rings is 1. The highest BCUT2D eigenvalue weighted by molar-refractivity contribution is 7.99. The highest BCUT2D eigenvalue weighted by Crippen LogP contribution is 2.42. The Morgan fingerprint density at radius 3 is 2.95 bits per heavy atom. The predicted molar refractivity (Wildman–Crippen MR) is 78.8 cm³/mol. The number of unbranched alkanes of at least 4 members (excludes halogenated alkanes) is 1. The van der Waals surface area contributed by atoms with Gasteiger partial charge in [-0.3, -0.25) is 0 Å². The van der Waals surface area contributed by atoms with Gasteiger partial charge in [-0.15, -0.1) is 11.8 Å². The summed E-state index contributed by atoms with van der Waals surface area (Å²) in [4.78, 5) is 7.19. The van der Waals surface area contributed by atoms with Crippen molar-refractivity contribution in [2.24, 2.45) is 0 Å². The minimum atomic E-state index is 0.634. The number of nitrogens with zero attached hydrogens (tertiary/aromatic N) is 3. The lowest BCUT2D eigenvalue weighted by molar-refractivity contribution is 0.467. The van der Waals surface area contributed by atoms with Gasteiger partial charge in [0.05, 0.1) is 5.56 Å². The Labute approximate surface area is 119 Å². The largest absolute Gasteiger partial charge is 0.356 e. The van der Waals surface area contributed by atoms with Gasteiger partial charge in [-0.25, -0.2) is 4.98 Å². The third-order valence-electron chi connectivity index (χ3n) is 4.09. The molecule has 3 aliphatic rings. The smallest absolute Gasteiger partial charge is 0.133 e. The lowest BCUT2D eigenvalue weighted by Crippen LogP contribution is -2.39. The molecule has 4 heterocycles. The molecule has 1 fully saturated rings. The molecule has 4 rings (SSSR count). The van der Waals surface area contributed by atoms with Crippen molar-refractivity contribution in [1.82, 2.24) is 4.98 Å². The van der Waals surface area contributed by atoms with Gasteiger partial charge in [0.15, 0.2) is 0 Å². The minimum absolute atomic E-state index is 0.634. The van der Waals surface area contributed by atoms with Crippen molar-refractivity contribution < 1.29 is 0 Å². The molecule has 1 aromatic heterocycles. The standard InChI is InChI=1S/C15H19N3S/c1-2-3-8-19-15-12(10-16)9-13-11-4-6-18(7-5-11)14(13)17-15/h9,11H,2-8H2,1H3. The second-order valence-electron chi connectivity index (χ2n) is 5.33. The van der Waals surface area contributed by atoms with Crippen molar-refractivity contribution in [3.8, 4) is 6.07 Å². The highest BCUT2D eigenvalue weighted by Gasteiger charge is 2.32. The lowest BCUT2D eigenvalue weighted by Gasteiger charge is -2.41. The van der Waals surface area contributed by atoms with Gasteiger partial charge < -0.3 is 4.90 Å². The summed E-state index contributed by atoms with van der Waals surface area (Å²) in [5.74, 6) is 2.84. The molecule has 1 aromatic rings. The molecule has 3 aliphatic heterocycles. The number of rotatable bonds is 4. The van der Waals surface area contributed by atoms with Crippen molar-refractivity contribution in [2.75, 3.05) is 23.7 Å². The number of anilines is 1. The van der Waals surface area contributed by atoms with Crippen molar-refractivity contribution in [3.63, 3.8) is 0 Å². The number of pyridine rings is 1. The summed E-state index contributed by atoms with van der Waals surface area (Å²) < 4.78 is 0. The van der Waals surface area contributed by atoms with E-state index in [4.69, 9.17) is 4.98 Å². The first-order chi connectivity index (χ1) is 9.33. The summed E-state index contributed by atoms with van der Waals surface area (Å²) in [6.45, 7) is 4.46. The first-order valence-electron chi connectivity index (χ1n) is 7.16. The van der Waals surface area contributed by atoms with Crippen LogP contribution in [0.3, 0.4) is 0 Å². The summed E-state index contributed by atoms with van der Waals surface area (Å²) in [7, 11) is 0. The molecule has 0 amide bonds. The molecule has 0 unspecified atom stereocenters. The van der Waals surface area contributed by atoms with E-state index >= 15 is 0 Å². The predicted octanol–water partition coefficient (Wildman–Crippen LogP) is 3.54. The number of hydrogen-bond acceptors (Lipinski definition) is 4. The maximum atomic E-state index is 9.33. The van der Waals surface area contributed by atoms with E-state index in [1.54, 1.807) is 11.8 Å². The van der Waals surface area contributed by atoms with Crippen molar-refractivity contribution in [3.05, 3.63) is 17.2 Å². The van der Waals surface area contributed by atoms with Crippen molar-refractivity contribution in [2.45, 2.75) is 43.6 Å². The Morgan fingerprint density at radius 1 is 1.47 bits per heavy atom. The second kappa shape index (κ2) is 5.42. The first kappa shape index (κ1) is 12.8. The van der Waals surface area contributed by atoms with Crippen LogP contribution in [0, 0.1) is 11.3 Å². The van der Waals surface area contributed by atoms with Crippen LogP contribution in [0.2, 0.25) is 0 Å². The van der Waals surface area contributed by atoms with E-state index < -0.39 is 0 Å². The van der Waals surface area contributed by atoms with Crippen LogP contribution >= 0.6 is 11.8 Å². The number of nitriles is 1. The maximum Gasteiger partial charge on any atom is 0.133 e. The normalized spacial score (nSPS) is 17.4. The molecule has 2 bridgehead atoms. The van der Waals surface area contributed by atoms with Crippen LogP contribution in [0.1, 0.15) is 49.7 Å².